The molecule has 14 heavy (non-hydrogen) atoms. The van der Waals surface area contributed by atoms with Gasteiger partial charge in [0.2, 0.25) is 5.91 Å². The quantitative estimate of drug-likeness (QED) is 0.307. The van der Waals surface area contributed by atoms with Gasteiger partial charge in [-0.15, -0.1) is 0 Å². The van der Waals surface area contributed by atoms with Crippen LogP contribution in [0.5, 0.6) is 0 Å². The third kappa shape index (κ3) is 5.46. The first-order valence-electron chi connectivity index (χ1n) is 4.00. The van der Waals surface area contributed by atoms with E-state index in [0.717, 1.165) is 0 Å². The maximum atomic E-state index is 10.5. The first kappa shape index (κ1) is 12.8. The Balaban J connectivity index is 3.97. The molecule has 0 spiro atoms. The number of carbonyl (C=O) groups excluding carboxylic acids is 1. The zero-order valence-corrected chi connectivity index (χ0v) is 7.51. The topological polar surface area (TPSA) is 133 Å². The molecule has 6 N–H and O–H groups in total. The Morgan fingerprint density at radius 1 is 1.43 bits per heavy atom. The number of hydrogen-bond acceptors (Lipinski definition) is 5. The molecule has 7 nitrogen and oxygen atoms in total. The molecule has 0 fully saturated rings. The Morgan fingerprint density at radius 2 is 2.00 bits per heavy atom. The van der Waals surface area contributed by atoms with Gasteiger partial charge < -0.3 is 26.4 Å². The van der Waals surface area contributed by atoms with Crippen molar-refractivity contribution in [2.24, 2.45) is 5.73 Å². The number of aliphatic hydroxyl groups excluding tert-OH is 2. The summed E-state index contributed by atoms with van der Waals surface area (Å²) in [5.74, 6) is -1.97. The van der Waals surface area contributed by atoms with Crippen molar-refractivity contribution in [1.82, 2.24) is 5.32 Å². The second kappa shape index (κ2) is 6.30. The molecule has 82 valence electrons. The van der Waals surface area contributed by atoms with Crippen molar-refractivity contribution >= 4 is 11.9 Å². The minimum atomic E-state index is -1.23. The molecule has 0 saturated carbocycles. The molecule has 0 aliphatic rings. The maximum absolute atomic E-state index is 10.5. The Kier molecular flexibility index (Phi) is 5.77. The van der Waals surface area contributed by atoms with E-state index in [-0.39, 0.29) is 13.0 Å². The molecule has 1 amide bonds. The van der Waals surface area contributed by atoms with Gasteiger partial charge in [0.25, 0.3) is 0 Å². The number of carboxylic acids is 1. The highest BCUT2D eigenvalue weighted by Gasteiger charge is 2.19. The lowest BCUT2D eigenvalue weighted by molar-refractivity contribution is -0.141. The maximum Gasteiger partial charge on any atom is 0.321 e. The second-order valence-electron chi connectivity index (χ2n) is 2.81. The van der Waals surface area contributed by atoms with Crippen LogP contribution in [-0.2, 0) is 9.59 Å². The highest BCUT2D eigenvalue weighted by molar-refractivity contribution is 5.83. The number of rotatable bonds is 7. The van der Waals surface area contributed by atoms with Gasteiger partial charge >= 0.3 is 5.97 Å². The predicted octanol–water partition coefficient (Wildman–Crippen LogP) is -2.74. The van der Waals surface area contributed by atoms with Crippen LogP contribution in [0.25, 0.3) is 0 Å². The Bertz CT molecular complexity index is 208. The average molecular weight is 206 g/mol. The third-order valence-electron chi connectivity index (χ3n) is 1.51. The number of amides is 1. The summed E-state index contributed by atoms with van der Waals surface area (Å²) in [5.41, 5.74) is 4.82. The van der Waals surface area contributed by atoms with Crippen LogP contribution in [0, 0.1) is 0 Å². The molecule has 0 saturated heterocycles. The summed E-state index contributed by atoms with van der Waals surface area (Å²) in [6, 6.07) is -1.13. The van der Waals surface area contributed by atoms with Crippen molar-refractivity contribution in [3.63, 3.8) is 0 Å². The molecule has 0 aliphatic heterocycles. The van der Waals surface area contributed by atoms with Crippen LogP contribution in [0.1, 0.15) is 6.42 Å². The minimum absolute atomic E-state index is 0.110. The van der Waals surface area contributed by atoms with Gasteiger partial charge in [-0.05, 0) is 0 Å². The molecular formula is C7H14N2O5. The average Bonchev–Trinajstić information content (AvgIpc) is 2.10. The predicted molar refractivity (Wildman–Crippen MR) is 46.3 cm³/mol. The van der Waals surface area contributed by atoms with Gasteiger partial charge in [-0.2, -0.15) is 0 Å². The van der Waals surface area contributed by atoms with Gasteiger partial charge in [-0.25, -0.2) is 0 Å². The molecular weight excluding hydrogens is 192 g/mol. The molecule has 7 heteroatoms. The van der Waals surface area contributed by atoms with Gasteiger partial charge in [-0.3, -0.25) is 9.59 Å². The molecule has 2 atom stereocenters. The van der Waals surface area contributed by atoms with E-state index in [1.54, 1.807) is 0 Å². The molecule has 0 aliphatic carbocycles. The molecule has 0 aromatic carbocycles. The second-order valence-corrected chi connectivity index (χ2v) is 2.81. The van der Waals surface area contributed by atoms with Crippen LogP contribution in [0.2, 0.25) is 0 Å². The smallest absolute Gasteiger partial charge is 0.321 e. The number of nitrogens with one attached hydrogen (secondary N) is 1. The Hall–Kier alpha value is -1.18. The van der Waals surface area contributed by atoms with Crippen LogP contribution in [0.15, 0.2) is 0 Å². The van der Waals surface area contributed by atoms with Crippen molar-refractivity contribution in [3.8, 4) is 0 Å². The van der Waals surface area contributed by atoms with E-state index >= 15 is 0 Å². The zero-order chi connectivity index (χ0) is 11.1. The molecule has 0 radical (unpaired) electrons. The lowest BCUT2D eigenvalue weighted by atomic mass is 10.2. The molecule has 0 bridgehead atoms. The van der Waals surface area contributed by atoms with Crippen LogP contribution in [-0.4, -0.2) is 52.5 Å². The fourth-order valence-electron chi connectivity index (χ4n) is 0.791. The largest absolute Gasteiger partial charge is 0.480 e. The molecule has 0 aromatic rings. The Labute approximate surface area is 80.5 Å². The summed E-state index contributed by atoms with van der Waals surface area (Å²) >= 11 is 0. The highest BCUT2D eigenvalue weighted by atomic mass is 16.4. The van der Waals surface area contributed by atoms with Gasteiger partial charge in [0.1, 0.15) is 6.04 Å². The molecule has 1 unspecified atom stereocenters. The van der Waals surface area contributed by atoms with Crippen LogP contribution >= 0.6 is 0 Å². The summed E-state index contributed by atoms with van der Waals surface area (Å²) < 4.78 is 0. The minimum Gasteiger partial charge on any atom is -0.480 e. The fourth-order valence-corrected chi connectivity index (χ4v) is 0.791. The van der Waals surface area contributed by atoms with E-state index in [0.29, 0.717) is 0 Å². The van der Waals surface area contributed by atoms with Crippen molar-refractivity contribution in [3.05, 3.63) is 0 Å². The number of carbonyl (C=O) groups is 2. The lowest BCUT2D eigenvalue weighted by Gasteiger charge is -2.14. The number of aliphatic hydroxyl groups is 2. The third-order valence-corrected chi connectivity index (χ3v) is 1.51. The zero-order valence-electron chi connectivity index (χ0n) is 7.51. The SMILES string of the molecule is NC(=O)C[C@H](NCC(O)CO)C(=O)O. The fraction of sp³-hybridized carbons (Fsp3) is 0.714. The number of primary amides is 1. The number of nitrogens with two attached hydrogens (primary N) is 1. The van der Waals surface area contributed by atoms with E-state index in [1.165, 1.54) is 0 Å². The standard InChI is InChI=1S/C7H14N2O5/c8-6(12)1-5(7(13)14)9-2-4(11)3-10/h4-5,9-11H,1-3H2,(H2,8,12)(H,13,14)/t4?,5-/m0/s1. The number of hydrogen-bond donors (Lipinski definition) is 5. The van der Waals surface area contributed by atoms with E-state index in [4.69, 9.17) is 21.1 Å². The molecule has 0 rings (SSSR count). The van der Waals surface area contributed by atoms with Crippen LogP contribution in [0.3, 0.4) is 0 Å². The van der Waals surface area contributed by atoms with Crippen molar-refractivity contribution < 1.29 is 24.9 Å². The van der Waals surface area contributed by atoms with Gasteiger partial charge in [0.15, 0.2) is 0 Å². The van der Waals surface area contributed by atoms with Gasteiger partial charge in [0.05, 0.1) is 19.1 Å². The summed E-state index contributed by atoms with van der Waals surface area (Å²) in [6.45, 7) is -0.587. The highest BCUT2D eigenvalue weighted by Crippen LogP contribution is 1.92. The summed E-state index contributed by atoms with van der Waals surface area (Å²) in [5, 5.41) is 28.3. The van der Waals surface area contributed by atoms with E-state index < -0.39 is 30.6 Å². The molecule has 0 aromatic heterocycles. The van der Waals surface area contributed by atoms with Crippen molar-refractivity contribution in [2.45, 2.75) is 18.6 Å². The van der Waals surface area contributed by atoms with Crippen molar-refractivity contribution in [2.75, 3.05) is 13.2 Å². The first-order chi connectivity index (χ1) is 6.47. The number of carboxylic acid groups (broad SMARTS) is 1. The first-order valence-corrected chi connectivity index (χ1v) is 4.00. The van der Waals surface area contributed by atoms with Crippen LogP contribution in [0.4, 0.5) is 0 Å². The lowest BCUT2D eigenvalue weighted by Crippen LogP contribution is -2.44. The summed E-state index contributed by atoms with van der Waals surface area (Å²) in [6.07, 6.45) is -1.40. The van der Waals surface area contributed by atoms with Gasteiger partial charge in [-0.1, -0.05) is 0 Å². The molecule has 0 heterocycles. The van der Waals surface area contributed by atoms with Crippen molar-refractivity contribution in [1.29, 1.82) is 0 Å². The Morgan fingerprint density at radius 3 is 2.36 bits per heavy atom. The van der Waals surface area contributed by atoms with Gasteiger partial charge in [0, 0.05) is 6.54 Å². The summed E-state index contributed by atoms with van der Waals surface area (Å²) in [7, 11) is 0. The van der Waals surface area contributed by atoms with E-state index in [9.17, 15) is 9.59 Å². The van der Waals surface area contributed by atoms with E-state index in [2.05, 4.69) is 5.32 Å². The van der Waals surface area contributed by atoms with E-state index in [1.807, 2.05) is 0 Å². The van der Waals surface area contributed by atoms with Crippen LogP contribution < -0.4 is 11.1 Å². The normalized spacial score (nSPS) is 14.7. The summed E-state index contributed by atoms with van der Waals surface area (Å²) in [4.78, 5) is 21.0. The number of aliphatic carboxylic acids is 1. The monoisotopic (exact) mass is 206 g/mol.